The molecule has 2 N–H and O–H groups in total. The highest BCUT2D eigenvalue weighted by molar-refractivity contribution is 5.59. The zero-order valence-electron chi connectivity index (χ0n) is 13.3. The maximum Gasteiger partial charge on any atom is 0.137 e. The van der Waals surface area contributed by atoms with E-state index in [1.54, 1.807) is 6.33 Å². The molecule has 5 heteroatoms. The van der Waals surface area contributed by atoms with Gasteiger partial charge < -0.3 is 15.3 Å². The molecule has 2 heterocycles. The molecule has 1 aromatic heterocycles. The van der Waals surface area contributed by atoms with Gasteiger partial charge in [-0.2, -0.15) is 0 Å². The molecule has 1 aromatic rings. The Labute approximate surface area is 127 Å². The summed E-state index contributed by atoms with van der Waals surface area (Å²) in [4.78, 5) is 11.4. The maximum absolute atomic E-state index is 9.07. The molecule has 0 amide bonds. The van der Waals surface area contributed by atoms with Crippen LogP contribution in [-0.4, -0.2) is 40.8 Å². The van der Waals surface area contributed by atoms with E-state index in [2.05, 4.69) is 34.0 Å². The van der Waals surface area contributed by atoms with Crippen molar-refractivity contribution in [2.45, 2.75) is 58.4 Å². The summed E-state index contributed by atoms with van der Waals surface area (Å²) in [5.74, 6) is 2.07. The van der Waals surface area contributed by atoms with Crippen molar-refractivity contribution in [3.63, 3.8) is 0 Å². The summed E-state index contributed by atoms with van der Waals surface area (Å²) in [6.07, 6.45) is 8.02. The van der Waals surface area contributed by atoms with Gasteiger partial charge in [0.1, 0.15) is 18.0 Å². The van der Waals surface area contributed by atoms with Gasteiger partial charge in [0.05, 0.1) is 0 Å². The molecule has 5 nitrogen and oxygen atoms in total. The Kier molecular flexibility index (Phi) is 6.23. The van der Waals surface area contributed by atoms with Gasteiger partial charge in [0, 0.05) is 31.3 Å². The van der Waals surface area contributed by atoms with E-state index in [1.807, 2.05) is 0 Å². The average Bonchev–Trinajstić information content (AvgIpc) is 2.98. The Morgan fingerprint density at radius 2 is 2.24 bits per heavy atom. The Morgan fingerprint density at radius 1 is 1.38 bits per heavy atom. The minimum Gasteiger partial charge on any atom is -0.396 e. The molecule has 0 saturated carbocycles. The van der Waals surface area contributed by atoms with Crippen LogP contribution in [0.4, 0.5) is 11.6 Å². The zero-order valence-corrected chi connectivity index (χ0v) is 13.3. The van der Waals surface area contributed by atoms with Crippen LogP contribution in [0.2, 0.25) is 0 Å². The number of nitrogens with zero attached hydrogens (tertiary/aromatic N) is 3. The van der Waals surface area contributed by atoms with Crippen molar-refractivity contribution >= 4 is 11.6 Å². The molecule has 0 bridgehead atoms. The number of anilines is 2. The molecule has 0 radical (unpaired) electrons. The second kappa shape index (κ2) is 8.17. The molecule has 1 unspecified atom stereocenters. The number of hydrogen-bond acceptors (Lipinski definition) is 5. The molecule has 2 rings (SSSR count). The van der Waals surface area contributed by atoms with Crippen LogP contribution in [0.25, 0.3) is 0 Å². The summed E-state index contributed by atoms with van der Waals surface area (Å²) in [5, 5.41) is 12.5. The van der Waals surface area contributed by atoms with E-state index in [1.165, 1.54) is 18.4 Å². The van der Waals surface area contributed by atoms with Crippen LogP contribution in [-0.2, 0) is 6.42 Å². The van der Waals surface area contributed by atoms with E-state index < -0.39 is 0 Å². The van der Waals surface area contributed by atoms with Gasteiger partial charge in [-0.05, 0) is 38.5 Å². The third-order valence-corrected chi connectivity index (χ3v) is 4.16. The minimum absolute atomic E-state index is 0.276. The summed E-state index contributed by atoms with van der Waals surface area (Å²) >= 11 is 0. The van der Waals surface area contributed by atoms with Crippen molar-refractivity contribution in [1.29, 1.82) is 0 Å². The molecular weight excluding hydrogens is 264 g/mol. The zero-order chi connectivity index (χ0) is 15.1. The van der Waals surface area contributed by atoms with Crippen LogP contribution in [0.1, 0.15) is 51.5 Å². The molecular formula is C16H28N4O. The van der Waals surface area contributed by atoms with Crippen LogP contribution < -0.4 is 10.2 Å². The van der Waals surface area contributed by atoms with E-state index in [4.69, 9.17) is 5.11 Å². The molecule has 1 saturated heterocycles. The van der Waals surface area contributed by atoms with E-state index in [0.29, 0.717) is 6.04 Å². The molecule has 0 aromatic carbocycles. The number of aromatic nitrogens is 2. The second-order valence-corrected chi connectivity index (χ2v) is 5.66. The standard InChI is InChI=1S/C16H28N4O/c1-3-9-17-15-14(4-2)16(19-12-18-15)20-10-5-7-13(20)8-6-11-21/h12-13,21H,3-11H2,1-2H3,(H,17,18,19). The lowest BCUT2D eigenvalue weighted by Gasteiger charge is -2.28. The second-order valence-electron chi connectivity index (χ2n) is 5.66. The van der Waals surface area contributed by atoms with Crippen molar-refractivity contribution in [3.05, 3.63) is 11.9 Å². The van der Waals surface area contributed by atoms with Crippen LogP contribution in [0.3, 0.4) is 0 Å². The van der Waals surface area contributed by atoms with Gasteiger partial charge in [-0.1, -0.05) is 13.8 Å². The van der Waals surface area contributed by atoms with Crippen molar-refractivity contribution in [1.82, 2.24) is 9.97 Å². The first-order valence-electron chi connectivity index (χ1n) is 8.27. The van der Waals surface area contributed by atoms with E-state index in [0.717, 1.165) is 50.4 Å². The summed E-state index contributed by atoms with van der Waals surface area (Å²) in [7, 11) is 0. The van der Waals surface area contributed by atoms with Crippen molar-refractivity contribution in [2.24, 2.45) is 0 Å². The van der Waals surface area contributed by atoms with Crippen LogP contribution in [0, 0.1) is 0 Å². The van der Waals surface area contributed by atoms with Gasteiger partial charge in [-0.15, -0.1) is 0 Å². The van der Waals surface area contributed by atoms with E-state index in [9.17, 15) is 0 Å². The normalized spacial score (nSPS) is 18.2. The van der Waals surface area contributed by atoms with Gasteiger partial charge in [-0.25, -0.2) is 9.97 Å². The Hall–Kier alpha value is -1.36. The molecule has 0 spiro atoms. The first-order valence-corrected chi connectivity index (χ1v) is 8.27. The largest absolute Gasteiger partial charge is 0.396 e. The number of nitrogens with one attached hydrogen (secondary N) is 1. The molecule has 1 aliphatic heterocycles. The van der Waals surface area contributed by atoms with Crippen LogP contribution in [0.5, 0.6) is 0 Å². The van der Waals surface area contributed by atoms with E-state index >= 15 is 0 Å². The number of hydrogen-bond donors (Lipinski definition) is 2. The molecule has 118 valence electrons. The topological polar surface area (TPSA) is 61.3 Å². The van der Waals surface area contributed by atoms with E-state index in [-0.39, 0.29) is 6.61 Å². The van der Waals surface area contributed by atoms with Gasteiger partial charge in [0.25, 0.3) is 0 Å². The third kappa shape index (κ3) is 3.84. The third-order valence-electron chi connectivity index (χ3n) is 4.16. The lowest BCUT2D eigenvalue weighted by atomic mass is 10.1. The summed E-state index contributed by atoms with van der Waals surface area (Å²) in [5.41, 5.74) is 1.22. The van der Waals surface area contributed by atoms with Crippen LogP contribution in [0.15, 0.2) is 6.33 Å². The fraction of sp³-hybridized carbons (Fsp3) is 0.750. The highest BCUT2D eigenvalue weighted by Crippen LogP contribution is 2.31. The number of aliphatic hydroxyl groups excluding tert-OH is 1. The van der Waals surface area contributed by atoms with Gasteiger partial charge in [0.2, 0.25) is 0 Å². The average molecular weight is 292 g/mol. The number of rotatable bonds is 8. The highest BCUT2D eigenvalue weighted by atomic mass is 16.2. The molecule has 1 aliphatic rings. The fourth-order valence-corrected chi connectivity index (χ4v) is 3.11. The molecule has 1 fully saturated rings. The lowest BCUT2D eigenvalue weighted by Crippen LogP contribution is -2.31. The molecule has 1 atom stereocenters. The Bertz CT molecular complexity index is 438. The fourth-order valence-electron chi connectivity index (χ4n) is 3.11. The SMILES string of the molecule is CCCNc1ncnc(N2CCCC2CCCO)c1CC. The lowest BCUT2D eigenvalue weighted by molar-refractivity contribution is 0.279. The smallest absolute Gasteiger partial charge is 0.137 e. The van der Waals surface area contributed by atoms with Crippen molar-refractivity contribution in [2.75, 3.05) is 29.9 Å². The van der Waals surface area contributed by atoms with Gasteiger partial charge >= 0.3 is 0 Å². The Morgan fingerprint density at radius 3 is 2.95 bits per heavy atom. The molecule has 21 heavy (non-hydrogen) atoms. The monoisotopic (exact) mass is 292 g/mol. The van der Waals surface area contributed by atoms with Gasteiger partial charge in [-0.3, -0.25) is 0 Å². The number of aliphatic hydroxyl groups is 1. The van der Waals surface area contributed by atoms with Crippen molar-refractivity contribution in [3.8, 4) is 0 Å². The van der Waals surface area contributed by atoms with Crippen LogP contribution >= 0.6 is 0 Å². The van der Waals surface area contributed by atoms with Crippen molar-refractivity contribution < 1.29 is 5.11 Å². The summed E-state index contributed by atoms with van der Waals surface area (Å²) in [6.45, 7) is 6.60. The quantitative estimate of drug-likeness (QED) is 0.771. The predicted molar refractivity (Wildman–Crippen MR) is 86.9 cm³/mol. The highest BCUT2D eigenvalue weighted by Gasteiger charge is 2.27. The first kappa shape index (κ1) is 16.0. The predicted octanol–water partition coefficient (Wildman–Crippen LogP) is 2.60. The first-order chi connectivity index (χ1) is 10.3. The minimum atomic E-state index is 0.276. The summed E-state index contributed by atoms with van der Waals surface area (Å²) in [6, 6.07) is 0.511. The summed E-state index contributed by atoms with van der Waals surface area (Å²) < 4.78 is 0. The Balaban J connectivity index is 2.21. The van der Waals surface area contributed by atoms with Gasteiger partial charge in [0.15, 0.2) is 0 Å². The maximum atomic E-state index is 9.07. The molecule has 0 aliphatic carbocycles.